The summed E-state index contributed by atoms with van der Waals surface area (Å²) in [6.45, 7) is 2.68. The number of hydrogen-bond acceptors (Lipinski definition) is 6. The summed E-state index contributed by atoms with van der Waals surface area (Å²) in [6, 6.07) is 7.09. The van der Waals surface area contributed by atoms with Crippen LogP contribution in [0.1, 0.15) is 10.4 Å². The Labute approximate surface area is 125 Å². The third-order valence-corrected chi connectivity index (χ3v) is 2.67. The third kappa shape index (κ3) is 7.65. The number of benzene rings is 1. The van der Waals surface area contributed by atoms with Crippen molar-refractivity contribution in [3.8, 4) is 0 Å². The van der Waals surface area contributed by atoms with Crippen LogP contribution >= 0.6 is 0 Å². The largest absolute Gasteiger partial charge is 0.460 e. The number of esters is 1. The van der Waals surface area contributed by atoms with Gasteiger partial charge in [-0.2, -0.15) is 0 Å². The van der Waals surface area contributed by atoms with Crippen LogP contribution in [-0.4, -0.2) is 59.8 Å². The van der Waals surface area contributed by atoms with Gasteiger partial charge in [0.05, 0.1) is 38.6 Å². The second kappa shape index (κ2) is 11.1. The van der Waals surface area contributed by atoms with Crippen LogP contribution in [0.3, 0.4) is 0 Å². The highest BCUT2D eigenvalue weighted by atomic mass is 16.6. The first-order valence-corrected chi connectivity index (χ1v) is 6.87. The summed E-state index contributed by atoms with van der Waals surface area (Å²) >= 11 is 0. The lowest BCUT2D eigenvalue weighted by molar-refractivity contribution is 0.00570. The van der Waals surface area contributed by atoms with Crippen LogP contribution < -0.4 is 5.32 Å². The van der Waals surface area contributed by atoms with Gasteiger partial charge in [0.15, 0.2) is 0 Å². The number of anilines is 1. The Balaban J connectivity index is 2.05. The Morgan fingerprint density at radius 1 is 0.952 bits per heavy atom. The molecule has 0 fully saturated rings. The number of hydrogen-bond donors (Lipinski definition) is 1. The van der Waals surface area contributed by atoms with E-state index in [1.165, 1.54) is 0 Å². The minimum Gasteiger partial charge on any atom is -0.460 e. The molecule has 0 aromatic heterocycles. The maximum atomic E-state index is 11.7. The lowest BCUT2D eigenvalue weighted by Gasteiger charge is -2.07. The summed E-state index contributed by atoms with van der Waals surface area (Å²) in [5.41, 5.74) is 1.47. The second-order valence-corrected chi connectivity index (χ2v) is 4.18. The van der Waals surface area contributed by atoms with Crippen LogP contribution in [0, 0.1) is 0 Å². The SMILES string of the molecule is CNc1ccc(C(=O)OCCOCCOCCOC)cc1. The molecule has 21 heavy (non-hydrogen) atoms. The minimum absolute atomic E-state index is 0.227. The number of methoxy groups -OCH3 is 1. The van der Waals surface area contributed by atoms with Crippen molar-refractivity contribution in [2.75, 3.05) is 59.1 Å². The van der Waals surface area contributed by atoms with E-state index in [4.69, 9.17) is 18.9 Å². The Kier molecular flexibility index (Phi) is 9.19. The Morgan fingerprint density at radius 3 is 2.10 bits per heavy atom. The fourth-order valence-electron chi connectivity index (χ4n) is 1.51. The predicted molar refractivity (Wildman–Crippen MR) is 79.8 cm³/mol. The predicted octanol–water partition coefficient (Wildman–Crippen LogP) is 1.56. The lowest BCUT2D eigenvalue weighted by Crippen LogP contribution is -2.13. The van der Waals surface area contributed by atoms with E-state index < -0.39 is 0 Å². The van der Waals surface area contributed by atoms with E-state index in [1.54, 1.807) is 19.2 Å². The van der Waals surface area contributed by atoms with Crippen molar-refractivity contribution in [2.24, 2.45) is 0 Å². The van der Waals surface area contributed by atoms with Crippen molar-refractivity contribution in [3.63, 3.8) is 0 Å². The number of carbonyl (C=O) groups is 1. The molecule has 0 heterocycles. The molecule has 1 rings (SSSR count). The van der Waals surface area contributed by atoms with E-state index >= 15 is 0 Å². The second-order valence-electron chi connectivity index (χ2n) is 4.18. The molecule has 1 aromatic carbocycles. The molecule has 118 valence electrons. The zero-order valence-corrected chi connectivity index (χ0v) is 12.6. The van der Waals surface area contributed by atoms with Crippen molar-refractivity contribution < 1.29 is 23.7 Å². The Hall–Kier alpha value is -1.63. The van der Waals surface area contributed by atoms with Gasteiger partial charge in [-0.25, -0.2) is 4.79 Å². The molecular formula is C15H23NO5. The van der Waals surface area contributed by atoms with E-state index in [2.05, 4.69) is 5.32 Å². The molecule has 0 radical (unpaired) electrons. The smallest absolute Gasteiger partial charge is 0.338 e. The van der Waals surface area contributed by atoms with E-state index in [9.17, 15) is 4.79 Å². The normalized spacial score (nSPS) is 10.4. The number of nitrogens with one attached hydrogen (secondary N) is 1. The van der Waals surface area contributed by atoms with E-state index in [-0.39, 0.29) is 12.6 Å². The zero-order chi connectivity index (χ0) is 15.3. The first-order chi connectivity index (χ1) is 10.3. The molecule has 0 aliphatic carbocycles. The monoisotopic (exact) mass is 297 g/mol. The highest BCUT2D eigenvalue weighted by molar-refractivity contribution is 5.89. The van der Waals surface area contributed by atoms with Gasteiger partial charge in [0, 0.05) is 19.8 Å². The summed E-state index contributed by atoms with van der Waals surface area (Å²) < 4.78 is 20.5. The van der Waals surface area contributed by atoms with Crippen LogP contribution in [0.25, 0.3) is 0 Å². The molecule has 1 N–H and O–H groups in total. The van der Waals surface area contributed by atoms with Gasteiger partial charge in [-0.05, 0) is 24.3 Å². The van der Waals surface area contributed by atoms with Crippen LogP contribution in [0.5, 0.6) is 0 Å². The van der Waals surface area contributed by atoms with Gasteiger partial charge in [-0.3, -0.25) is 0 Å². The molecule has 0 spiro atoms. The Bertz CT molecular complexity index is 394. The fraction of sp³-hybridized carbons (Fsp3) is 0.533. The summed E-state index contributed by atoms with van der Waals surface area (Å²) in [4.78, 5) is 11.7. The average Bonchev–Trinajstić information content (AvgIpc) is 2.53. The molecule has 0 amide bonds. The van der Waals surface area contributed by atoms with Gasteiger partial charge in [0.25, 0.3) is 0 Å². The zero-order valence-electron chi connectivity index (χ0n) is 12.6. The molecule has 0 saturated heterocycles. The molecular weight excluding hydrogens is 274 g/mol. The highest BCUT2D eigenvalue weighted by Gasteiger charge is 2.06. The van der Waals surface area contributed by atoms with Crippen molar-refractivity contribution in [2.45, 2.75) is 0 Å². The van der Waals surface area contributed by atoms with Crippen molar-refractivity contribution in [1.29, 1.82) is 0 Å². The highest BCUT2D eigenvalue weighted by Crippen LogP contribution is 2.09. The van der Waals surface area contributed by atoms with Crippen molar-refractivity contribution in [1.82, 2.24) is 0 Å². The maximum Gasteiger partial charge on any atom is 0.338 e. The molecule has 0 atom stereocenters. The van der Waals surface area contributed by atoms with E-state index in [1.807, 2.05) is 19.2 Å². The Morgan fingerprint density at radius 2 is 1.52 bits per heavy atom. The maximum absolute atomic E-state index is 11.7. The van der Waals surface area contributed by atoms with Crippen LogP contribution in [-0.2, 0) is 18.9 Å². The molecule has 0 aliphatic rings. The minimum atomic E-state index is -0.349. The summed E-state index contributed by atoms with van der Waals surface area (Å²) in [6.07, 6.45) is 0. The standard InChI is InChI=1S/C15H23NO5/c1-16-14-5-3-13(4-6-14)15(17)21-12-11-20-10-9-19-8-7-18-2/h3-6,16H,7-12H2,1-2H3. The van der Waals surface area contributed by atoms with Crippen LogP contribution in [0.4, 0.5) is 5.69 Å². The molecule has 0 bridgehead atoms. The summed E-state index contributed by atoms with van der Waals surface area (Å²) in [5.74, 6) is -0.349. The van der Waals surface area contributed by atoms with Gasteiger partial charge in [0.2, 0.25) is 0 Å². The number of rotatable bonds is 11. The van der Waals surface area contributed by atoms with Crippen molar-refractivity contribution >= 4 is 11.7 Å². The molecule has 6 heteroatoms. The molecule has 6 nitrogen and oxygen atoms in total. The van der Waals surface area contributed by atoms with Crippen LogP contribution in [0.2, 0.25) is 0 Å². The topological polar surface area (TPSA) is 66.0 Å². The van der Waals surface area contributed by atoms with Gasteiger partial charge in [-0.1, -0.05) is 0 Å². The molecule has 0 unspecified atom stereocenters. The van der Waals surface area contributed by atoms with Gasteiger partial charge in [0.1, 0.15) is 6.61 Å². The molecule has 1 aromatic rings. The summed E-state index contributed by atoms with van der Waals surface area (Å²) in [7, 11) is 3.45. The first kappa shape index (κ1) is 17.4. The summed E-state index contributed by atoms with van der Waals surface area (Å²) in [5, 5.41) is 2.99. The lowest BCUT2D eigenvalue weighted by atomic mass is 10.2. The van der Waals surface area contributed by atoms with Gasteiger partial charge >= 0.3 is 5.97 Å². The van der Waals surface area contributed by atoms with Gasteiger partial charge in [-0.15, -0.1) is 0 Å². The average molecular weight is 297 g/mol. The van der Waals surface area contributed by atoms with Crippen LogP contribution in [0.15, 0.2) is 24.3 Å². The fourth-order valence-corrected chi connectivity index (χ4v) is 1.51. The first-order valence-electron chi connectivity index (χ1n) is 6.87. The number of carbonyl (C=O) groups excluding carboxylic acids is 1. The molecule has 0 saturated carbocycles. The van der Waals surface area contributed by atoms with Crippen molar-refractivity contribution in [3.05, 3.63) is 29.8 Å². The van der Waals surface area contributed by atoms with Gasteiger partial charge < -0.3 is 24.3 Å². The number of ether oxygens (including phenoxy) is 4. The third-order valence-electron chi connectivity index (χ3n) is 2.67. The van der Waals surface area contributed by atoms with E-state index in [0.717, 1.165) is 5.69 Å². The van der Waals surface area contributed by atoms with E-state index in [0.29, 0.717) is 38.6 Å². The quantitative estimate of drug-likeness (QED) is 0.494. The molecule has 0 aliphatic heterocycles.